The highest BCUT2D eigenvalue weighted by Gasteiger charge is 2.51. The third kappa shape index (κ3) is 2.33. The molecule has 104 valence electrons. The highest BCUT2D eigenvalue weighted by atomic mass is 16.5. The molecule has 0 amide bonds. The van der Waals surface area contributed by atoms with E-state index in [0.29, 0.717) is 6.61 Å². The summed E-state index contributed by atoms with van der Waals surface area (Å²) in [6.07, 6.45) is 7.34. The van der Waals surface area contributed by atoms with Crippen molar-refractivity contribution in [1.82, 2.24) is 0 Å². The Morgan fingerprint density at radius 2 is 1.61 bits per heavy atom. The minimum absolute atomic E-state index is 0.0331. The molecule has 0 aromatic rings. The summed E-state index contributed by atoms with van der Waals surface area (Å²) in [5.74, 6) is 2.55. The molecular formula is C15H26O3. The fourth-order valence-electron chi connectivity index (χ4n) is 4.76. The number of rotatable bonds is 5. The van der Waals surface area contributed by atoms with Gasteiger partial charge in [-0.1, -0.05) is 6.92 Å². The molecule has 0 radical (unpaired) electrons. The maximum atomic E-state index is 9.93. The topological polar surface area (TPSA) is 49.7 Å². The lowest BCUT2D eigenvalue weighted by Crippen LogP contribution is -2.52. The Balaban J connectivity index is 1.59. The van der Waals surface area contributed by atoms with Crippen molar-refractivity contribution in [3.63, 3.8) is 0 Å². The SMILES string of the molecule is CC(CO)C(O)COC12CC3CC(CC(C3)C1)C2. The summed E-state index contributed by atoms with van der Waals surface area (Å²) < 4.78 is 6.17. The molecule has 3 nitrogen and oxygen atoms in total. The van der Waals surface area contributed by atoms with E-state index in [1.54, 1.807) is 0 Å². The average Bonchev–Trinajstić information content (AvgIpc) is 2.33. The summed E-state index contributed by atoms with van der Waals surface area (Å²) in [4.78, 5) is 0. The zero-order valence-corrected chi connectivity index (χ0v) is 11.3. The normalized spacial score (nSPS) is 45.2. The van der Waals surface area contributed by atoms with Crippen LogP contribution in [0.4, 0.5) is 0 Å². The largest absolute Gasteiger partial charge is 0.396 e. The Kier molecular flexibility index (Phi) is 3.41. The molecule has 2 N–H and O–H groups in total. The van der Waals surface area contributed by atoms with Gasteiger partial charge in [-0.25, -0.2) is 0 Å². The second kappa shape index (κ2) is 4.77. The molecule has 0 aliphatic heterocycles. The molecule has 2 atom stereocenters. The van der Waals surface area contributed by atoms with E-state index in [9.17, 15) is 5.11 Å². The first-order valence-electron chi connectivity index (χ1n) is 7.53. The van der Waals surface area contributed by atoms with Crippen LogP contribution in [0.25, 0.3) is 0 Å². The highest BCUT2D eigenvalue weighted by Crippen LogP contribution is 2.57. The third-order valence-corrected chi connectivity index (χ3v) is 5.49. The van der Waals surface area contributed by atoms with Crippen molar-refractivity contribution in [1.29, 1.82) is 0 Å². The first-order valence-corrected chi connectivity index (χ1v) is 7.53. The standard InChI is InChI=1S/C15H26O3/c1-10(8-16)14(17)9-18-15-5-11-2-12(6-15)4-13(3-11)7-15/h10-14,16-17H,2-9H2,1H3. The Morgan fingerprint density at radius 1 is 1.11 bits per heavy atom. The lowest BCUT2D eigenvalue weighted by molar-refractivity contribution is -0.179. The molecule has 2 unspecified atom stereocenters. The van der Waals surface area contributed by atoms with E-state index in [1.165, 1.54) is 38.5 Å². The van der Waals surface area contributed by atoms with Gasteiger partial charge in [-0.05, 0) is 56.3 Å². The lowest BCUT2D eigenvalue weighted by atomic mass is 9.54. The lowest BCUT2D eigenvalue weighted by Gasteiger charge is -2.56. The predicted octanol–water partition coefficient (Wildman–Crippen LogP) is 1.96. The Bertz CT molecular complexity index is 267. The van der Waals surface area contributed by atoms with Crippen LogP contribution in [0.5, 0.6) is 0 Å². The Hall–Kier alpha value is -0.120. The molecular weight excluding hydrogens is 228 g/mol. The summed E-state index contributed by atoms with van der Waals surface area (Å²) in [5.41, 5.74) is 0.0743. The molecule has 0 heterocycles. The third-order valence-electron chi connectivity index (χ3n) is 5.49. The summed E-state index contributed by atoms with van der Waals surface area (Å²) in [6, 6.07) is 0. The number of hydrogen-bond acceptors (Lipinski definition) is 3. The maximum absolute atomic E-state index is 9.93. The number of ether oxygens (including phenoxy) is 1. The van der Waals surface area contributed by atoms with Crippen molar-refractivity contribution in [3.8, 4) is 0 Å². The van der Waals surface area contributed by atoms with Gasteiger partial charge in [-0.3, -0.25) is 0 Å². The van der Waals surface area contributed by atoms with Gasteiger partial charge in [0, 0.05) is 12.5 Å². The van der Waals surface area contributed by atoms with Crippen LogP contribution in [0.2, 0.25) is 0 Å². The molecule has 4 fully saturated rings. The van der Waals surface area contributed by atoms with Crippen molar-refractivity contribution in [2.75, 3.05) is 13.2 Å². The molecule has 3 heteroatoms. The second-order valence-corrected chi connectivity index (χ2v) is 7.14. The van der Waals surface area contributed by atoms with Gasteiger partial charge in [-0.15, -0.1) is 0 Å². The molecule has 4 rings (SSSR count). The van der Waals surface area contributed by atoms with E-state index in [4.69, 9.17) is 9.84 Å². The molecule has 18 heavy (non-hydrogen) atoms. The van der Waals surface area contributed by atoms with Gasteiger partial charge in [0.05, 0.1) is 18.3 Å². The van der Waals surface area contributed by atoms with Gasteiger partial charge >= 0.3 is 0 Å². The van der Waals surface area contributed by atoms with E-state index in [1.807, 2.05) is 6.92 Å². The number of hydrogen-bond donors (Lipinski definition) is 2. The molecule has 0 aromatic carbocycles. The van der Waals surface area contributed by atoms with E-state index < -0.39 is 6.10 Å². The van der Waals surface area contributed by atoms with E-state index in [2.05, 4.69) is 0 Å². The van der Waals surface area contributed by atoms with Gasteiger partial charge in [0.2, 0.25) is 0 Å². The van der Waals surface area contributed by atoms with Crippen LogP contribution in [0.1, 0.15) is 45.4 Å². The molecule has 0 aromatic heterocycles. The average molecular weight is 254 g/mol. The highest BCUT2D eigenvalue weighted by molar-refractivity contribution is 5.03. The summed E-state index contributed by atoms with van der Waals surface area (Å²) in [7, 11) is 0. The quantitative estimate of drug-likeness (QED) is 0.788. The molecule has 4 aliphatic rings. The monoisotopic (exact) mass is 254 g/mol. The van der Waals surface area contributed by atoms with E-state index in [0.717, 1.165) is 17.8 Å². The minimum Gasteiger partial charge on any atom is -0.396 e. The maximum Gasteiger partial charge on any atom is 0.0821 e. The number of aliphatic hydroxyl groups excluding tert-OH is 2. The zero-order valence-electron chi connectivity index (χ0n) is 11.3. The molecule has 4 bridgehead atoms. The second-order valence-electron chi connectivity index (χ2n) is 7.14. The summed E-state index contributed by atoms with van der Waals surface area (Å²) in [5, 5.41) is 19.0. The van der Waals surface area contributed by atoms with Crippen LogP contribution in [-0.2, 0) is 4.74 Å². The smallest absolute Gasteiger partial charge is 0.0821 e. The Labute approximate surface area is 110 Å². The Morgan fingerprint density at radius 3 is 2.06 bits per heavy atom. The van der Waals surface area contributed by atoms with Crippen LogP contribution < -0.4 is 0 Å². The van der Waals surface area contributed by atoms with Crippen molar-refractivity contribution >= 4 is 0 Å². The predicted molar refractivity (Wildman–Crippen MR) is 69.1 cm³/mol. The van der Waals surface area contributed by atoms with Crippen LogP contribution >= 0.6 is 0 Å². The molecule has 4 saturated carbocycles. The number of aliphatic hydroxyl groups is 2. The first kappa shape index (κ1) is 12.9. The van der Waals surface area contributed by atoms with Crippen LogP contribution in [0.3, 0.4) is 0 Å². The molecule has 0 saturated heterocycles. The van der Waals surface area contributed by atoms with Gasteiger partial charge in [-0.2, -0.15) is 0 Å². The molecule has 4 aliphatic carbocycles. The van der Waals surface area contributed by atoms with Crippen molar-refractivity contribution in [3.05, 3.63) is 0 Å². The molecule has 0 spiro atoms. The van der Waals surface area contributed by atoms with Crippen molar-refractivity contribution < 1.29 is 14.9 Å². The first-order chi connectivity index (χ1) is 8.60. The summed E-state index contributed by atoms with van der Waals surface area (Å²) >= 11 is 0. The van der Waals surface area contributed by atoms with Gasteiger partial charge in [0.1, 0.15) is 0 Å². The van der Waals surface area contributed by atoms with Crippen LogP contribution in [0.15, 0.2) is 0 Å². The van der Waals surface area contributed by atoms with Crippen LogP contribution in [-0.4, -0.2) is 35.1 Å². The van der Waals surface area contributed by atoms with Gasteiger partial charge in [0.15, 0.2) is 0 Å². The van der Waals surface area contributed by atoms with Crippen LogP contribution in [0, 0.1) is 23.7 Å². The minimum atomic E-state index is -0.525. The fourth-order valence-corrected chi connectivity index (χ4v) is 4.76. The van der Waals surface area contributed by atoms with E-state index >= 15 is 0 Å². The van der Waals surface area contributed by atoms with Gasteiger partial charge < -0.3 is 14.9 Å². The zero-order chi connectivity index (χ0) is 12.8. The van der Waals surface area contributed by atoms with Gasteiger partial charge in [0.25, 0.3) is 0 Å². The fraction of sp³-hybridized carbons (Fsp3) is 1.00. The van der Waals surface area contributed by atoms with E-state index in [-0.39, 0.29) is 18.1 Å². The van der Waals surface area contributed by atoms with Crippen molar-refractivity contribution in [2.24, 2.45) is 23.7 Å². The van der Waals surface area contributed by atoms with Crippen molar-refractivity contribution in [2.45, 2.75) is 57.2 Å². The summed E-state index contributed by atoms with van der Waals surface area (Å²) in [6.45, 7) is 2.30.